The number of aliphatic hydroxyl groups excluding tert-OH is 1. The minimum Gasteiger partial charge on any atom is -0.506 e. The summed E-state index contributed by atoms with van der Waals surface area (Å²) in [6, 6.07) is 8.07. The lowest BCUT2D eigenvalue weighted by atomic mass is 10.1. The van der Waals surface area contributed by atoms with Gasteiger partial charge >= 0.3 is 6.18 Å². The van der Waals surface area contributed by atoms with E-state index in [-0.39, 0.29) is 4.88 Å². The van der Waals surface area contributed by atoms with Crippen molar-refractivity contribution in [2.24, 2.45) is 4.99 Å². The average Bonchev–Trinajstić information content (AvgIpc) is 3.04. The third-order valence-electron chi connectivity index (χ3n) is 3.34. The molecule has 0 amide bonds. The van der Waals surface area contributed by atoms with E-state index in [4.69, 9.17) is 0 Å². The maximum absolute atomic E-state index is 12.8. The van der Waals surface area contributed by atoms with E-state index >= 15 is 0 Å². The predicted octanol–water partition coefficient (Wildman–Crippen LogP) is 5.17. The molecule has 0 aliphatic heterocycles. The number of halogens is 3. The zero-order chi connectivity index (χ0) is 17.9. The van der Waals surface area contributed by atoms with Gasteiger partial charge in [0.05, 0.1) is 16.1 Å². The number of hydrogen-bond acceptors (Lipinski definition) is 4. The molecule has 0 atom stereocenters. The number of aliphatic imine (C=N–C) groups is 1. The highest BCUT2D eigenvalue weighted by atomic mass is 32.1. The molecule has 0 fully saturated rings. The van der Waals surface area contributed by atoms with Crippen molar-refractivity contribution in [1.82, 2.24) is 0 Å². The molecule has 0 radical (unpaired) electrons. The fourth-order valence-corrected chi connectivity index (χ4v) is 2.55. The maximum Gasteiger partial charge on any atom is 0.455 e. The van der Waals surface area contributed by atoms with E-state index in [0.717, 1.165) is 28.7 Å². The second-order valence-corrected chi connectivity index (χ2v) is 6.04. The van der Waals surface area contributed by atoms with Gasteiger partial charge in [-0.05, 0) is 48.6 Å². The number of ketones is 1. The molecule has 2 aromatic rings. The van der Waals surface area contributed by atoms with Crippen LogP contribution in [-0.2, 0) is 4.79 Å². The first kappa shape index (κ1) is 17.9. The van der Waals surface area contributed by atoms with Crippen molar-refractivity contribution in [3.63, 3.8) is 0 Å². The number of nitrogens with zero attached hydrogens (tertiary/aromatic N) is 1. The lowest BCUT2D eigenvalue weighted by molar-refractivity contribution is -0.165. The van der Waals surface area contributed by atoms with E-state index in [1.165, 1.54) is 6.07 Å². The second kappa shape index (κ2) is 7.00. The Morgan fingerprint density at radius 3 is 2.46 bits per heavy atom. The molecule has 3 nitrogen and oxygen atoms in total. The van der Waals surface area contributed by atoms with Gasteiger partial charge in [0.2, 0.25) is 0 Å². The fraction of sp³-hybridized carbons (Fsp3) is 0.176. The molecule has 126 valence electrons. The summed E-state index contributed by atoms with van der Waals surface area (Å²) in [5.74, 6) is -2.87. The van der Waals surface area contributed by atoms with Crippen LogP contribution in [0.3, 0.4) is 0 Å². The minimum absolute atomic E-state index is 0.161. The highest BCUT2D eigenvalue weighted by molar-refractivity contribution is 7.11. The molecular formula is C17H14F3NO2S. The molecule has 7 heteroatoms. The number of benzene rings is 1. The van der Waals surface area contributed by atoms with Crippen LogP contribution in [0.2, 0.25) is 0 Å². The summed E-state index contributed by atoms with van der Waals surface area (Å²) in [5, 5.41) is 11.6. The van der Waals surface area contributed by atoms with Crippen LogP contribution >= 0.6 is 11.3 Å². The molecule has 0 aliphatic rings. The topological polar surface area (TPSA) is 49.7 Å². The summed E-state index contributed by atoms with van der Waals surface area (Å²) in [4.78, 5) is 15.7. The van der Waals surface area contributed by atoms with Crippen LogP contribution in [0.5, 0.6) is 0 Å². The number of carbonyl (C=O) groups excluding carboxylic acids is 1. The van der Waals surface area contributed by atoms with E-state index in [2.05, 4.69) is 4.99 Å². The third kappa shape index (κ3) is 4.11. The van der Waals surface area contributed by atoms with E-state index in [1.807, 2.05) is 13.8 Å². The first-order valence-corrected chi connectivity index (χ1v) is 7.78. The Labute approximate surface area is 140 Å². The van der Waals surface area contributed by atoms with Gasteiger partial charge in [-0.3, -0.25) is 9.79 Å². The van der Waals surface area contributed by atoms with Gasteiger partial charge in [0.15, 0.2) is 0 Å². The second-order valence-electron chi connectivity index (χ2n) is 5.09. The van der Waals surface area contributed by atoms with Gasteiger partial charge in [0.1, 0.15) is 5.76 Å². The van der Waals surface area contributed by atoms with Crippen molar-refractivity contribution in [2.75, 3.05) is 0 Å². The molecule has 0 aliphatic carbocycles. The SMILES string of the molecule is Cc1ccc(N=C/C(C(=O)C(F)(F)F)=C(\O)c2cccs2)cc1C. The summed E-state index contributed by atoms with van der Waals surface area (Å²) < 4.78 is 38.4. The number of aliphatic hydroxyl groups is 1. The van der Waals surface area contributed by atoms with Crippen molar-refractivity contribution in [3.8, 4) is 0 Å². The number of allylic oxidation sites excluding steroid dienone is 1. The number of carbonyl (C=O) groups is 1. The predicted molar refractivity (Wildman–Crippen MR) is 89.0 cm³/mol. The third-order valence-corrected chi connectivity index (χ3v) is 4.22. The Kier molecular flexibility index (Phi) is 5.23. The van der Waals surface area contributed by atoms with Crippen LogP contribution in [0.4, 0.5) is 18.9 Å². The zero-order valence-electron chi connectivity index (χ0n) is 12.9. The molecule has 0 saturated carbocycles. The van der Waals surface area contributed by atoms with E-state index in [9.17, 15) is 23.1 Å². The van der Waals surface area contributed by atoms with Crippen LogP contribution in [0.25, 0.3) is 5.76 Å². The van der Waals surface area contributed by atoms with Gasteiger partial charge in [-0.1, -0.05) is 12.1 Å². The summed E-state index contributed by atoms with van der Waals surface area (Å²) in [6.07, 6.45) is -4.34. The van der Waals surface area contributed by atoms with Crippen molar-refractivity contribution in [3.05, 3.63) is 57.3 Å². The molecule has 0 saturated heterocycles. The molecule has 0 spiro atoms. The highest BCUT2D eigenvalue weighted by Gasteiger charge is 2.41. The molecule has 1 heterocycles. The lowest BCUT2D eigenvalue weighted by Crippen LogP contribution is -2.26. The largest absolute Gasteiger partial charge is 0.506 e. The highest BCUT2D eigenvalue weighted by Crippen LogP contribution is 2.27. The molecule has 1 aromatic carbocycles. The van der Waals surface area contributed by atoms with Gasteiger partial charge in [0, 0.05) is 6.21 Å². The summed E-state index contributed by atoms with van der Waals surface area (Å²) >= 11 is 1.02. The number of thiophene rings is 1. The van der Waals surface area contributed by atoms with Crippen molar-refractivity contribution < 1.29 is 23.1 Å². The molecule has 1 N–H and O–H groups in total. The zero-order valence-corrected chi connectivity index (χ0v) is 13.7. The first-order valence-electron chi connectivity index (χ1n) is 6.90. The maximum atomic E-state index is 12.8. The molecule has 2 rings (SSSR count). The number of alkyl halides is 3. The van der Waals surface area contributed by atoms with Crippen LogP contribution in [0.15, 0.2) is 46.3 Å². The van der Waals surface area contributed by atoms with Gasteiger partial charge in [0.25, 0.3) is 5.78 Å². The normalized spacial score (nSPS) is 13.2. The summed E-state index contributed by atoms with van der Waals surface area (Å²) in [7, 11) is 0. The smallest absolute Gasteiger partial charge is 0.455 e. The quantitative estimate of drug-likeness (QED) is 0.468. The van der Waals surface area contributed by atoms with Gasteiger partial charge in [-0.2, -0.15) is 13.2 Å². The van der Waals surface area contributed by atoms with Gasteiger partial charge < -0.3 is 5.11 Å². The molecule has 0 bridgehead atoms. The Morgan fingerprint density at radius 2 is 1.92 bits per heavy atom. The number of Topliss-reactive ketones (excluding diaryl/α,β-unsaturated/α-hetero) is 1. The van der Waals surface area contributed by atoms with Gasteiger partial charge in [-0.15, -0.1) is 11.3 Å². The van der Waals surface area contributed by atoms with Crippen molar-refractivity contribution in [2.45, 2.75) is 20.0 Å². The molecular weight excluding hydrogens is 339 g/mol. The summed E-state index contributed by atoms with van der Waals surface area (Å²) in [6.45, 7) is 3.74. The average molecular weight is 353 g/mol. The monoisotopic (exact) mass is 353 g/mol. The van der Waals surface area contributed by atoms with Crippen LogP contribution in [-0.4, -0.2) is 23.3 Å². The minimum atomic E-state index is -5.10. The van der Waals surface area contributed by atoms with Crippen LogP contribution in [0.1, 0.15) is 16.0 Å². The number of rotatable bonds is 4. The Morgan fingerprint density at radius 1 is 1.21 bits per heavy atom. The Balaban J connectivity index is 2.47. The number of hydrogen-bond donors (Lipinski definition) is 1. The van der Waals surface area contributed by atoms with Crippen molar-refractivity contribution in [1.29, 1.82) is 0 Å². The fourth-order valence-electron chi connectivity index (χ4n) is 1.87. The Bertz CT molecular complexity index is 806. The molecule has 24 heavy (non-hydrogen) atoms. The molecule has 1 aromatic heterocycles. The van der Waals surface area contributed by atoms with Crippen LogP contribution in [0, 0.1) is 13.8 Å². The van der Waals surface area contributed by atoms with E-state index in [1.54, 1.807) is 29.6 Å². The standard InChI is InChI=1S/C17H14F3NO2S/c1-10-5-6-12(8-11(10)2)21-9-13(16(23)17(18,19)20)15(22)14-4-3-7-24-14/h3-9,22H,1-2H3/b15-13+,21-9?. The lowest BCUT2D eigenvalue weighted by Gasteiger charge is -2.08. The first-order chi connectivity index (χ1) is 11.2. The number of aryl methyl sites for hydroxylation is 2. The van der Waals surface area contributed by atoms with E-state index < -0.39 is 23.3 Å². The summed E-state index contributed by atoms with van der Waals surface area (Å²) in [5.41, 5.74) is 1.44. The van der Waals surface area contributed by atoms with E-state index in [0.29, 0.717) is 5.69 Å². The van der Waals surface area contributed by atoms with Crippen LogP contribution < -0.4 is 0 Å². The van der Waals surface area contributed by atoms with Crippen molar-refractivity contribution >= 4 is 34.8 Å². The Hall–Kier alpha value is -2.41. The van der Waals surface area contributed by atoms with Gasteiger partial charge in [-0.25, -0.2) is 0 Å². The molecule has 0 unspecified atom stereocenters.